The number of cyclic esters (lactones) is 1. The van der Waals surface area contributed by atoms with E-state index >= 15 is 0 Å². The molecule has 2 aromatic rings. The molecule has 1 aliphatic heterocycles. The highest BCUT2D eigenvalue weighted by atomic mass is 127. The summed E-state index contributed by atoms with van der Waals surface area (Å²) in [6.45, 7) is 1.31. The van der Waals surface area contributed by atoms with Gasteiger partial charge in [0.05, 0.1) is 21.3 Å². The molecule has 1 aliphatic rings. The van der Waals surface area contributed by atoms with Crippen molar-refractivity contribution in [2.45, 2.75) is 6.92 Å². The quantitative estimate of drug-likeness (QED) is 0.211. The number of nitrogens with zero attached hydrogens (tertiary/aromatic N) is 1. The van der Waals surface area contributed by atoms with Crippen LogP contribution in [0.3, 0.4) is 0 Å². The number of esters is 2. The third-order valence-corrected chi connectivity index (χ3v) is 5.38. The summed E-state index contributed by atoms with van der Waals surface area (Å²) in [5.74, 6) is -0.196. The minimum atomic E-state index is -0.581. The predicted octanol–water partition coefficient (Wildman–Crippen LogP) is 4.83. The van der Waals surface area contributed by atoms with Crippen LogP contribution in [0.4, 0.5) is 0 Å². The van der Waals surface area contributed by atoms with E-state index in [4.69, 9.17) is 25.8 Å². The molecule has 3 rings (SSSR count). The Morgan fingerprint density at radius 3 is 2.68 bits per heavy atom. The van der Waals surface area contributed by atoms with Crippen LogP contribution in [0.25, 0.3) is 6.08 Å². The van der Waals surface area contributed by atoms with Crippen LogP contribution < -0.4 is 9.47 Å². The Hall–Kier alpha value is -1.66. The molecule has 0 aliphatic carbocycles. The number of hydrogen-bond acceptors (Lipinski definition) is 6. The van der Waals surface area contributed by atoms with E-state index in [1.807, 2.05) is 28.7 Å². The minimum Gasteiger partial charge on any atom is -0.493 e. The number of methoxy groups -OCH3 is 1. The van der Waals surface area contributed by atoms with Crippen LogP contribution >= 0.6 is 56.8 Å². The summed E-state index contributed by atoms with van der Waals surface area (Å²) in [5, 5.41) is 0.440. The van der Waals surface area contributed by atoms with Gasteiger partial charge in [0.2, 0.25) is 5.90 Å². The molecule has 0 atom stereocenters. The molecule has 0 saturated heterocycles. The van der Waals surface area contributed by atoms with Crippen molar-refractivity contribution < 1.29 is 23.8 Å². The maximum absolute atomic E-state index is 12.3. The van der Waals surface area contributed by atoms with Gasteiger partial charge in [0.25, 0.3) is 0 Å². The standard InChI is InChI=1S/C19H12ClI2NO5/c1-9(24)27-17-14(22)5-10(7-16(17)26-2)6-15-19(25)28-18(23-15)12-8-11(21)3-4-13(12)20/h3-8H,1-2H3/b15-6-. The Balaban J connectivity index is 2.00. The van der Waals surface area contributed by atoms with E-state index < -0.39 is 11.9 Å². The smallest absolute Gasteiger partial charge is 0.363 e. The van der Waals surface area contributed by atoms with E-state index in [9.17, 15) is 9.59 Å². The minimum absolute atomic E-state index is 0.128. The van der Waals surface area contributed by atoms with Crippen LogP contribution in [0.15, 0.2) is 41.0 Å². The van der Waals surface area contributed by atoms with Crippen LogP contribution in [-0.2, 0) is 14.3 Å². The molecule has 0 amide bonds. The van der Waals surface area contributed by atoms with Crippen molar-refractivity contribution in [3.05, 3.63) is 59.3 Å². The molecule has 0 spiro atoms. The molecule has 0 fully saturated rings. The molecule has 0 radical (unpaired) electrons. The summed E-state index contributed by atoms with van der Waals surface area (Å²) < 4.78 is 17.4. The van der Waals surface area contributed by atoms with Crippen LogP contribution in [0.2, 0.25) is 5.02 Å². The second kappa shape index (κ2) is 8.78. The summed E-state index contributed by atoms with van der Waals surface area (Å²) >= 11 is 10.4. The number of benzene rings is 2. The average Bonchev–Trinajstić information content (AvgIpc) is 2.99. The largest absolute Gasteiger partial charge is 0.493 e. The highest BCUT2D eigenvalue weighted by Gasteiger charge is 2.26. The first kappa shape index (κ1) is 21.1. The normalized spacial score (nSPS) is 14.7. The second-order valence-electron chi connectivity index (χ2n) is 5.59. The molecule has 144 valence electrons. The van der Waals surface area contributed by atoms with Crippen molar-refractivity contribution in [2.75, 3.05) is 7.11 Å². The molecule has 1 heterocycles. The highest BCUT2D eigenvalue weighted by molar-refractivity contribution is 14.1. The van der Waals surface area contributed by atoms with Crippen molar-refractivity contribution in [3.8, 4) is 11.5 Å². The molecule has 0 saturated carbocycles. The lowest BCUT2D eigenvalue weighted by Crippen LogP contribution is -2.06. The van der Waals surface area contributed by atoms with Gasteiger partial charge >= 0.3 is 11.9 Å². The fourth-order valence-corrected chi connectivity index (χ4v) is 3.83. The zero-order valence-electron chi connectivity index (χ0n) is 14.6. The highest BCUT2D eigenvalue weighted by Crippen LogP contribution is 2.35. The van der Waals surface area contributed by atoms with Gasteiger partial charge in [0.15, 0.2) is 17.2 Å². The summed E-state index contributed by atoms with van der Waals surface area (Å²) in [6.07, 6.45) is 1.57. The fraction of sp³-hybridized carbons (Fsp3) is 0.105. The molecule has 6 nitrogen and oxygen atoms in total. The van der Waals surface area contributed by atoms with Crippen LogP contribution in [-0.4, -0.2) is 24.9 Å². The summed E-state index contributed by atoms with van der Waals surface area (Å²) in [7, 11) is 1.47. The van der Waals surface area contributed by atoms with Gasteiger partial charge in [-0.25, -0.2) is 9.79 Å². The number of aliphatic imine (C=N–C) groups is 1. The van der Waals surface area contributed by atoms with Gasteiger partial charge in [0, 0.05) is 10.5 Å². The summed E-state index contributed by atoms with van der Waals surface area (Å²) in [4.78, 5) is 27.8. The third kappa shape index (κ3) is 4.66. The van der Waals surface area contributed by atoms with Crippen molar-refractivity contribution in [2.24, 2.45) is 4.99 Å². The van der Waals surface area contributed by atoms with Crippen molar-refractivity contribution >= 4 is 80.7 Å². The SMILES string of the molecule is COc1cc(/C=C2\N=C(c3cc(I)ccc3Cl)OC2=O)cc(I)c1OC(C)=O. The number of carbonyl (C=O) groups excluding carboxylic acids is 2. The molecular formula is C19H12ClI2NO5. The van der Waals surface area contributed by atoms with Gasteiger partial charge < -0.3 is 14.2 Å². The van der Waals surface area contributed by atoms with Gasteiger partial charge in [-0.05, 0) is 87.2 Å². The van der Waals surface area contributed by atoms with E-state index in [0.29, 0.717) is 31.2 Å². The van der Waals surface area contributed by atoms with Crippen molar-refractivity contribution in [1.29, 1.82) is 0 Å². The Labute approximate surface area is 193 Å². The predicted molar refractivity (Wildman–Crippen MR) is 122 cm³/mol. The maximum atomic E-state index is 12.3. The third-order valence-electron chi connectivity index (χ3n) is 3.58. The molecule has 2 aromatic carbocycles. The summed E-state index contributed by atoms with van der Waals surface area (Å²) in [6, 6.07) is 8.75. The van der Waals surface area contributed by atoms with E-state index in [1.54, 1.807) is 30.3 Å². The van der Waals surface area contributed by atoms with E-state index in [1.165, 1.54) is 14.0 Å². The Bertz CT molecular complexity index is 1050. The van der Waals surface area contributed by atoms with E-state index in [2.05, 4.69) is 27.6 Å². The number of rotatable bonds is 4. The average molecular weight is 624 g/mol. The van der Waals surface area contributed by atoms with Gasteiger partial charge in [-0.3, -0.25) is 4.79 Å². The Morgan fingerprint density at radius 1 is 1.25 bits per heavy atom. The topological polar surface area (TPSA) is 74.2 Å². The van der Waals surface area contributed by atoms with Gasteiger partial charge in [0.1, 0.15) is 0 Å². The zero-order chi connectivity index (χ0) is 20.4. The van der Waals surface area contributed by atoms with Crippen molar-refractivity contribution in [3.63, 3.8) is 0 Å². The fourth-order valence-electron chi connectivity index (χ4n) is 2.41. The van der Waals surface area contributed by atoms with Gasteiger partial charge in [-0.15, -0.1) is 0 Å². The summed E-state index contributed by atoms with van der Waals surface area (Å²) in [5.41, 5.74) is 1.31. The lowest BCUT2D eigenvalue weighted by atomic mass is 10.1. The molecule has 0 aromatic heterocycles. The molecule has 0 unspecified atom stereocenters. The first-order valence-corrected chi connectivity index (χ1v) is 10.4. The molecule has 9 heteroatoms. The lowest BCUT2D eigenvalue weighted by Gasteiger charge is -2.11. The second-order valence-corrected chi connectivity index (χ2v) is 8.40. The van der Waals surface area contributed by atoms with Crippen LogP contribution in [0.1, 0.15) is 18.1 Å². The van der Waals surface area contributed by atoms with E-state index in [0.717, 1.165) is 3.57 Å². The molecule has 0 bridgehead atoms. The zero-order valence-corrected chi connectivity index (χ0v) is 19.7. The van der Waals surface area contributed by atoms with Crippen LogP contribution in [0.5, 0.6) is 11.5 Å². The van der Waals surface area contributed by atoms with Gasteiger partial charge in [-0.1, -0.05) is 11.6 Å². The molecule has 28 heavy (non-hydrogen) atoms. The number of ether oxygens (including phenoxy) is 3. The van der Waals surface area contributed by atoms with Crippen molar-refractivity contribution in [1.82, 2.24) is 0 Å². The molecule has 0 N–H and O–H groups in total. The number of halogens is 3. The maximum Gasteiger partial charge on any atom is 0.363 e. The first-order valence-electron chi connectivity index (χ1n) is 7.82. The Kier molecular flexibility index (Phi) is 6.61. The lowest BCUT2D eigenvalue weighted by molar-refractivity contribution is -0.132. The first-order chi connectivity index (χ1) is 13.3. The van der Waals surface area contributed by atoms with Crippen LogP contribution in [0, 0.1) is 7.14 Å². The monoisotopic (exact) mass is 623 g/mol. The number of carbonyl (C=O) groups is 2. The molecular weight excluding hydrogens is 611 g/mol. The Morgan fingerprint density at radius 2 is 2.00 bits per heavy atom. The van der Waals surface area contributed by atoms with Gasteiger partial charge in [-0.2, -0.15) is 0 Å². The van der Waals surface area contributed by atoms with E-state index in [-0.39, 0.29) is 11.6 Å². The number of hydrogen-bond donors (Lipinski definition) is 0.